The molecular formula is C16H19ClN2. The standard InChI is InChI=1S/C16H19ClN2/c1-3-12-4-6-16(7-5-12)19(2)11-13-8-14(17)10-15(18)9-13/h4-10H,3,11,18H2,1-2H3. The van der Waals surface area contributed by atoms with E-state index in [1.165, 1.54) is 11.3 Å². The van der Waals surface area contributed by atoms with Gasteiger partial charge in [0, 0.05) is 30.0 Å². The molecule has 0 unspecified atom stereocenters. The molecule has 0 fully saturated rings. The van der Waals surface area contributed by atoms with Crippen molar-refractivity contribution in [3.05, 3.63) is 58.6 Å². The highest BCUT2D eigenvalue weighted by atomic mass is 35.5. The van der Waals surface area contributed by atoms with Crippen LogP contribution in [0.15, 0.2) is 42.5 Å². The lowest BCUT2D eigenvalue weighted by atomic mass is 10.1. The molecule has 0 aliphatic heterocycles. The molecule has 0 aliphatic rings. The van der Waals surface area contributed by atoms with Crippen LogP contribution in [0.5, 0.6) is 0 Å². The molecule has 0 heterocycles. The van der Waals surface area contributed by atoms with Gasteiger partial charge in [0.25, 0.3) is 0 Å². The van der Waals surface area contributed by atoms with Crippen LogP contribution in [0.4, 0.5) is 11.4 Å². The van der Waals surface area contributed by atoms with Gasteiger partial charge in [-0.25, -0.2) is 0 Å². The summed E-state index contributed by atoms with van der Waals surface area (Å²) in [6.45, 7) is 2.95. The maximum absolute atomic E-state index is 6.02. The second kappa shape index (κ2) is 5.98. The molecule has 2 rings (SSSR count). The normalized spacial score (nSPS) is 10.5. The average molecular weight is 275 g/mol. The maximum Gasteiger partial charge on any atom is 0.0429 e. The molecule has 2 aromatic carbocycles. The van der Waals surface area contributed by atoms with Crippen LogP contribution in [0.25, 0.3) is 0 Å². The van der Waals surface area contributed by atoms with Gasteiger partial charge in [0.2, 0.25) is 0 Å². The number of aryl methyl sites for hydroxylation is 1. The molecule has 2 N–H and O–H groups in total. The fourth-order valence-electron chi connectivity index (χ4n) is 2.12. The lowest BCUT2D eigenvalue weighted by Gasteiger charge is -2.20. The van der Waals surface area contributed by atoms with Crippen molar-refractivity contribution in [1.82, 2.24) is 0 Å². The van der Waals surface area contributed by atoms with Crippen molar-refractivity contribution >= 4 is 23.0 Å². The van der Waals surface area contributed by atoms with Crippen LogP contribution in [0, 0.1) is 0 Å². The Labute approximate surface area is 119 Å². The largest absolute Gasteiger partial charge is 0.399 e. The van der Waals surface area contributed by atoms with Gasteiger partial charge in [-0.15, -0.1) is 0 Å². The van der Waals surface area contributed by atoms with Crippen LogP contribution in [0.3, 0.4) is 0 Å². The second-order valence-corrected chi connectivity index (χ2v) is 5.21. The van der Waals surface area contributed by atoms with Gasteiger partial charge in [0.1, 0.15) is 0 Å². The van der Waals surface area contributed by atoms with E-state index in [9.17, 15) is 0 Å². The minimum Gasteiger partial charge on any atom is -0.399 e. The molecular weight excluding hydrogens is 256 g/mol. The third-order valence-corrected chi connectivity index (χ3v) is 3.40. The van der Waals surface area contributed by atoms with Crippen molar-refractivity contribution in [3.8, 4) is 0 Å². The van der Waals surface area contributed by atoms with E-state index in [2.05, 4.69) is 43.1 Å². The minimum absolute atomic E-state index is 0.685. The highest BCUT2D eigenvalue weighted by Gasteiger charge is 2.04. The van der Waals surface area contributed by atoms with E-state index in [-0.39, 0.29) is 0 Å². The molecule has 19 heavy (non-hydrogen) atoms. The Morgan fingerprint density at radius 3 is 2.32 bits per heavy atom. The number of benzene rings is 2. The average Bonchev–Trinajstić information content (AvgIpc) is 2.37. The molecule has 0 bridgehead atoms. The Morgan fingerprint density at radius 2 is 1.74 bits per heavy atom. The van der Waals surface area contributed by atoms with Crippen molar-refractivity contribution < 1.29 is 0 Å². The fourth-order valence-corrected chi connectivity index (χ4v) is 2.38. The Balaban J connectivity index is 2.13. The van der Waals surface area contributed by atoms with Crippen LogP contribution in [-0.4, -0.2) is 7.05 Å². The molecule has 100 valence electrons. The molecule has 3 heteroatoms. The van der Waals surface area contributed by atoms with E-state index in [0.29, 0.717) is 10.7 Å². The summed E-state index contributed by atoms with van der Waals surface area (Å²) >= 11 is 6.02. The molecule has 2 nitrogen and oxygen atoms in total. The first-order valence-electron chi connectivity index (χ1n) is 6.43. The molecule has 0 aromatic heterocycles. The molecule has 0 atom stereocenters. The van der Waals surface area contributed by atoms with Crippen LogP contribution in [-0.2, 0) is 13.0 Å². The summed E-state index contributed by atoms with van der Waals surface area (Å²) in [6, 6.07) is 14.3. The number of halogens is 1. The first-order valence-corrected chi connectivity index (χ1v) is 6.81. The van der Waals surface area contributed by atoms with Crippen molar-refractivity contribution in [2.24, 2.45) is 0 Å². The van der Waals surface area contributed by atoms with Crippen LogP contribution in [0.1, 0.15) is 18.1 Å². The van der Waals surface area contributed by atoms with Crippen LogP contribution >= 0.6 is 11.6 Å². The number of hydrogen-bond donors (Lipinski definition) is 1. The predicted octanol–water partition coefficient (Wildman–Crippen LogP) is 4.12. The van der Waals surface area contributed by atoms with E-state index < -0.39 is 0 Å². The first kappa shape index (κ1) is 13.8. The second-order valence-electron chi connectivity index (χ2n) is 4.77. The Bertz CT molecular complexity index is 529. The summed E-state index contributed by atoms with van der Waals surface area (Å²) in [4.78, 5) is 2.19. The summed E-state index contributed by atoms with van der Waals surface area (Å²) in [6.07, 6.45) is 1.06. The number of nitrogens with two attached hydrogens (primary N) is 1. The summed E-state index contributed by atoms with van der Waals surface area (Å²) in [5.74, 6) is 0. The lowest BCUT2D eigenvalue weighted by Crippen LogP contribution is -2.16. The fraction of sp³-hybridized carbons (Fsp3) is 0.250. The minimum atomic E-state index is 0.685. The topological polar surface area (TPSA) is 29.3 Å². The lowest BCUT2D eigenvalue weighted by molar-refractivity contribution is 0.922. The number of anilines is 2. The predicted molar refractivity (Wildman–Crippen MR) is 83.8 cm³/mol. The Morgan fingerprint density at radius 1 is 1.05 bits per heavy atom. The van der Waals surface area contributed by atoms with E-state index in [1.807, 2.05) is 12.1 Å². The Kier molecular flexibility index (Phi) is 4.33. The monoisotopic (exact) mass is 274 g/mol. The molecule has 0 saturated heterocycles. The summed E-state index contributed by atoms with van der Waals surface area (Å²) < 4.78 is 0. The first-order chi connectivity index (χ1) is 9.08. The maximum atomic E-state index is 6.02. The smallest absolute Gasteiger partial charge is 0.0429 e. The van der Waals surface area contributed by atoms with E-state index in [1.54, 1.807) is 6.07 Å². The van der Waals surface area contributed by atoms with Crippen molar-refractivity contribution in [2.45, 2.75) is 19.9 Å². The van der Waals surface area contributed by atoms with Gasteiger partial charge in [-0.1, -0.05) is 30.7 Å². The number of nitrogen functional groups attached to an aromatic ring is 1. The summed E-state index contributed by atoms with van der Waals surface area (Å²) in [5.41, 5.74) is 10.2. The summed E-state index contributed by atoms with van der Waals surface area (Å²) in [7, 11) is 2.07. The van der Waals surface area contributed by atoms with Crippen molar-refractivity contribution in [1.29, 1.82) is 0 Å². The highest BCUT2D eigenvalue weighted by molar-refractivity contribution is 6.30. The van der Waals surface area contributed by atoms with Gasteiger partial charge in [0.15, 0.2) is 0 Å². The van der Waals surface area contributed by atoms with Gasteiger partial charge in [-0.2, -0.15) is 0 Å². The van der Waals surface area contributed by atoms with Crippen LogP contribution in [0.2, 0.25) is 5.02 Å². The Hall–Kier alpha value is -1.67. The number of nitrogens with zero attached hydrogens (tertiary/aromatic N) is 1. The van der Waals surface area contributed by atoms with Gasteiger partial charge in [0.05, 0.1) is 0 Å². The van der Waals surface area contributed by atoms with Gasteiger partial charge in [-0.3, -0.25) is 0 Å². The third kappa shape index (κ3) is 3.65. The molecule has 0 radical (unpaired) electrons. The van der Waals surface area contributed by atoms with E-state index in [4.69, 9.17) is 17.3 Å². The highest BCUT2D eigenvalue weighted by Crippen LogP contribution is 2.21. The molecule has 0 aliphatic carbocycles. The zero-order chi connectivity index (χ0) is 13.8. The van der Waals surface area contributed by atoms with E-state index >= 15 is 0 Å². The van der Waals surface area contributed by atoms with Crippen molar-refractivity contribution in [2.75, 3.05) is 17.7 Å². The van der Waals surface area contributed by atoms with E-state index in [0.717, 1.165) is 18.5 Å². The number of hydrogen-bond acceptors (Lipinski definition) is 2. The molecule has 2 aromatic rings. The number of rotatable bonds is 4. The molecule has 0 saturated carbocycles. The third-order valence-electron chi connectivity index (χ3n) is 3.19. The zero-order valence-corrected chi connectivity index (χ0v) is 12.1. The molecule has 0 spiro atoms. The summed E-state index contributed by atoms with van der Waals surface area (Å²) in [5, 5.41) is 0.685. The quantitative estimate of drug-likeness (QED) is 0.850. The zero-order valence-electron chi connectivity index (χ0n) is 11.4. The van der Waals surface area contributed by atoms with Gasteiger partial charge >= 0.3 is 0 Å². The SMILES string of the molecule is CCc1ccc(N(C)Cc2cc(N)cc(Cl)c2)cc1. The van der Waals surface area contributed by atoms with Gasteiger partial charge < -0.3 is 10.6 Å². The van der Waals surface area contributed by atoms with Crippen LogP contribution < -0.4 is 10.6 Å². The van der Waals surface area contributed by atoms with Crippen molar-refractivity contribution in [3.63, 3.8) is 0 Å². The molecule has 0 amide bonds. The van der Waals surface area contributed by atoms with Gasteiger partial charge in [-0.05, 0) is 47.9 Å².